The second-order valence-corrected chi connectivity index (χ2v) is 7.13. The van der Waals surface area contributed by atoms with Crippen LogP contribution in [0.15, 0.2) is 5.16 Å². The van der Waals surface area contributed by atoms with Crippen molar-refractivity contribution in [3.05, 3.63) is 0 Å². The smallest absolute Gasteiger partial charge is 0.216 e. The number of hydrogen-bond donors (Lipinski definition) is 1. The van der Waals surface area contributed by atoms with Crippen LogP contribution in [0.5, 0.6) is 0 Å². The molecule has 1 N–H and O–H groups in total. The number of rotatable bonds is 6. The van der Waals surface area contributed by atoms with Crippen molar-refractivity contribution in [2.24, 2.45) is 11.1 Å². The average molecular weight is 292 g/mol. The number of hydrogen-bond acceptors (Lipinski definition) is 5. The van der Waals surface area contributed by atoms with E-state index >= 15 is 0 Å². The second-order valence-electron chi connectivity index (χ2n) is 5.04. The van der Waals surface area contributed by atoms with Crippen LogP contribution in [-0.4, -0.2) is 55.2 Å². The Labute approximate surface area is 115 Å². The van der Waals surface area contributed by atoms with Crippen molar-refractivity contribution >= 4 is 15.7 Å². The molecule has 1 saturated heterocycles. The lowest BCUT2D eigenvalue weighted by Crippen LogP contribution is -2.45. The molecular formula is C12H24N2O4S. The summed E-state index contributed by atoms with van der Waals surface area (Å²) in [6.45, 7) is 6.73. The first-order valence-corrected chi connectivity index (χ1v) is 8.31. The van der Waals surface area contributed by atoms with Gasteiger partial charge in [0.15, 0.2) is 0 Å². The predicted molar refractivity (Wildman–Crippen MR) is 74.1 cm³/mol. The summed E-state index contributed by atoms with van der Waals surface area (Å²) in [6, 6.07) is 0. The van der Waals surface area contributed by atoms with Crippen molar-refractivity contribution in [2.75, 3.05) is 25.4 Å². The molecule has 1 rings (SSSR count). The van der Waals surface area contributed by atoms with Gasteiger partial charge in [-0.1, -0.05) is 12.1 Å². The molecule has 0 spiro atoms. The van der Waals surface area contributed by atoms with Gasteiger partial charge >= 0.3 is 0 Å². The highest BCUT2D eigenvalue weighted by molar-refractivity contribution is 7.89. The molecule has 0 amide bonds. The van der Waals surface area contributed by atoms with Crippen LogP contribution in [0.1, 0.15) is 33.6 Å². The highest BCUT2D eigenvalue weighted by atomic mass is 32.2. The monoisotopic (exact) mass is 292 g/mol. The first-order chi connectivity index (χ1) is 8.90. The third kappa shape index (κ3) is 4.74. The summed E-state index contributed by atoms with van der Waals surface area (Å²) in [5, 5.41) is 12.2. The van der Waals surface area contributed by atoms with Gasteiger partial charge in [0.05, 0.1) is 24.2 Å². The third-order valence-corrected chi connectivity index (χ3v) is 5.12. The number of piperidine rings is 1. The predicted octanol–water partition coefficient (Wildman–Crippen LogP) is 1.30. The first-order valence-electron chi connectivity index (χ1n) is 6.71. The fraction of sp³-hybridized carbons (Fsp3) is 0.917. The zero-order valence-electron chi connectivity index (χ0n) is 11.9. The topological polar surface area (TPSA) is 79.2 Å². The molecule has 1 heterocycles. The van der Waals surface area contributed by atoms with Gasteiger partial charge in [-0.2, -0.15) is 0 Å². The molecule has 0 aromatic carbocycles. The average Bonchev–Trinajstić information content (AvgIpc) is 2.37. The molecule has 7 heteroatoms. The number of sulfonamides is 1. The normalized spacial score (nSPS) is 24.2. The van der Waals surface area contributed by atoms with Crippen LogP contribution in [0, 0.1) is 5.92 Å². The summed E-state index contributed by atoms with van der Waals surface area (Å²) in [7, 11) is -3.28. The van der Waals surface area contributed by atoms with Gasteiger partial charge in [0.25, 0.3) is 0 Å². The van der Waals surface area contributed by atoms with E-state index < -0.39 is 10.0 Å². The molecule has 1 atom stereocenters. The molecule has 112 valence electrons. The number of ether oxygens (including phenoxy) is 1. The van der Waals surface area contributed by atoms with Gasteiger partial charge in [0.1, 0.15) is 0 Å². The minimum Gasteiger partial charge on any atom is -0.411 e. The van der Waals surface area contributed by atoms with Crippen molar-refractivity contribution in [1.82, 2.24) is 4.31 Å². The summed E-state index contributed by atoms with van der Waals surface area (Å²) in [6.07, 6.45) is 1.31. The first kappa shape index (κ1) is 16.4. The highest BCUT2D eigenvalue weighted by Crippen LogP contribution is 2.20. The Kier molecular flexibility index (Phi) is 6.22. The Morgan fingerprint density at radius 3 is 2.74 bits per heavy atom. The van der Waals surface area contributed by atoms with Crippen molar-refractivity contribution in [1.29, 1.82) is 0 Å². The van der Waals surface area contributed by atoms with Crippen LogP contribution in [0.4, 0.5) is 0 Å². The second kappa shape index (κ2) is 7.21. The Morgan fingerprint density at radius 2 is 2.21 bits per heavy atom. The lowest BCUT2D eigenvalue weighted by molar-refractivity contribution is 0.0906. The zero-order valence-corrected chi connectivity index (χ0v) is 12.7. The Balaban J connectivity index is 2.60. The lowest BCUT2D eigenvalue weighted by atomic mass is 9.95. The van der Waals surface area contributed by atoms with Gasteiger partial charge < -0.3 is 9.94 Å². The molecule has 1 fully saturated rings. The molecule has 19 heavy (non-hydrogen) atoms. The van der Waals surface area contributed by atoms with Crippen LogP contribution >= 0.6 is 0 Å². The zero-order chi connectivity index (χ0) is 14.5. The van der Waals surface area contributed by atoms with E-state index in [1.54, 1.807) is 0 Å². The van der Waals surface area contributed by atoms with Crippen LogP contribution in [-0.2, 0) is 14.8 Å². The van der Waals surface area contributed by atoms with Crippen LogP contribution in [0.25, 0.3) is 0 Å². The third-order valence-electron chi connectivity index (χ3n) is 3.32. The molecule has 6 nitrogen and oxygen atoms in total. The molecule has 1 aliphatic rings. The standard InChI is InChI=1S/C12H24N2O4S/c1-4-11-9-14(6-5-12(11)13-15)19(16,17)8-7-18-10(2)3/h10-11,15H,4-9H2,1-3H3. The molecule has 1 aliphatic heterocycles. The Bertz CT molecular complexity index is 406. The Hall–Kier alpha value is -0.660. The van der Waals surface area contributed by atoms with Crippen LogP contribution in [0.2, 0.25) is 0 Å². The molecule has 0 aliphatic carbocycles. The molecule has 0 saturated carbocycles. The molecule has 0 aromatic rings. The van der Waals surface area contributed by atoms with E-state index in [1.165, 1.54) is 4.31 Å². The van der Waals surface area contributed by atoms with Gasteiger partial charge in [-0.15, -0.1) is 0 Å². The van der Waals surface area contributed by atoms with Crippen molar-refractivity contribution in [2.45, 2.75) is 39.7 Å². The van der Waals surface area contributed by atoms with Crippen molar-refractivity contribution in [3.63, 3.8) is 0 Å². The molecule has 0 aromatic heterocycles. The molecule has 0 bridgehead atoms. The van der Waals surface area contributed by atoms with Crippen LogP contribution < -0.4 is 0 Å². The van der Waals surface area contributed by atoms with Gasteiger partial charge in [-0.3, -0.25) is 0 Å². The van der Waals surface area contributed by atoms with Gasteiger partial charge in [0.2, 0.25) is 10.0 Å². The summed E-state index contributed by atoms with van der Waals surface area (Å²) < 4.78 is 31.1. The molecule has 0 radical (unpaired) electrons. The SMILES string of the molecule is CCC1CN(S(=O)(=O)CCOC(C)C)CCC1=NO. The number of nitrogens with zero attached hydrogens (tertiary/aromatic N) is 2. The van der Waals surface area contributed by atoms with E-state index in [9.17, 15) is 8.42 Å². The maximum absolute atomic E-state index is 12.2. The lowest BCUT2D eigenvalue weighted by Gasteiger charge is -2.32. The van der Waals surface area contributed by atoms with Crippen molar-refractivity contribution in [3.8, 4) is 0 Å². The van der Waals surface area contributed by atoms with E-state index in [0.29, 0.717) is 25.2 Å². The summed E-state index contributed by atoms with van der Waals surface area (Å²) in [5.74, 6) is 0.0206. The maximum atomic E-state index is 12.2. The highest BCUT2D eigenvalue weighted by Gasteiger charge is 2.31. The number of oxime groups is 1. The van der Waals surface area contributed by atoms with E-state index in [4.69, 9.17) is 9.94 Å². The van der Waals surface area contributed by atoms with E-state index in [0.717, 1.165) is 6.42 Å². The molecular weight excluding hydrogens is 268 g/mol. The Morgan fingerprint density at radius 1 is 1.53 bits per heavy atom. The maximum Gasteiger partial charge on any atom is 0.216 e. The summed E-state index contributed by atoms with van der Waals surface area (Å²) in [5.41, 5.74) is 0.701. The summed E-state index contributed by atoms with van der Waals surface area (Å²) >= 11 is 0. The summed E-state index contributed by atoms with van der Waals surface area (Å²) in [4.78, 5) is 0. The van der Waals surface area contributed by atoms with Crippen LogP contribution in [0.3, 0.4) is 0 Å². The fourth-order valence-corrected chi connectivity index (χ4v) is 3.49. The van der Waals surface area contributed by atoms with Gasteiger partial charge in [-0.05, 0) is 20.3 Å². The van der Waals surface area contributed by atoms with E-state index in [1.807, 2.05) is 20.8 Å². The minimum absolute atomic E-state index is 0.00716. The largest absolute Gasteiger partial charge is 0.411 e. The quantitative estimate of drug-likeness (QED) is 0.591. The van der Waals surface area contributed by atoms with Gasteiger partial charge in [0, 0.05) is 25.4 Å². The minimum atomic E-state index is -3.28. The fourth-order valence-electron chi connectivity index (χ4n) is 2.15. The van der Waals surface area contributed by atoms with E-state index in [2.05, 4.69) is 5.16 Å². The van der Waals surface area contributed by atoms with Crippen molar-refractivity contribution < 1.29 is 18.4 Å². The molecule has 1 unspecified atom stereocenters. The van der Waals surface area contributed by atoms with Gasteiger partial charge in [-0.25, -0.2) is 12.7 Å². The van der Waals surface area contributed by atoms with E-state index in [-0.39, 0.29) is 24.4 Å².